The lowest BCUT2D eigenvalue weighted by atomic mass is 9.94. The van der Waals surface area contributed by atoms with Gasteiger partial charge in [0.1, 0.15) is 0 Å². The SMILES string of the molecule is C=C(CCCC(CC)CC)c1ccccc1. The fourth-order valence-corrected chi connectivity index (χ4v) is 2.12. The van der Waals surface area contributed by atoms with Crippen LogP contribution in [0.5, 0.6) is 0 Å². The molecule has 1 aromatic carbocycles. The van der Waals surface area contributed by atoms with E-state index in [2.05, 4.69) is 50.8 Å². The molecule has 0 amide bonds. The smallest absolute Gasteiger partial charge is 0.0230 e. The molecule has 0 nitrogen and oxygen atoms in total. The lowest BCUT2D eigenvalue weighted by Crippen LogP contribution is -1.96. The Bertz CT molecular complexity index is 293. The summed E-state index contributed by atoms with van der Waals surface area (Å²) in [6.45, 7) is 8.76. The van der Waals surface area contributed by atoms with Crippen LogP contribution in [0.25, 0.3) is 5.57 Å². The summed E-state index contributed by atoms with van der Waals surface area (Å²) >= 11 is 0. The number of benzene rings is 1. The van der Waals surface area contributed by atoms with Crippen LogP contribution in [0, 0.1) is 5.92 Å². The fourth-order valence-electron chi connectivity index (χ4n) is 2.12. The van der Waals surface area contributed by atoms with Crippen molar-refractivity contribution < 1.29 is 0 Å². The molecule has 1 rings (SSSR count). The summed E-state index contributed by atoms with van der Waals surface area (Å²) < 4.78 is 0. The summed E-state index contributed by atoms with van der Waals surface area (Å²) in [4.78, 5) is 0. The maximum absolute atomic E-state index is 4.17. The predicted octanol–water partition coefficient (Wildman–Crippen LogP) is 5.31. The second kappa shape index (κ2) is 7.27. The van der Waals surface area contributed by atoms with E-state index in [0.29, 0.717) is 0 Å². The summed E-state index contributed by atoms with van der Waals surface area (Å²) in [6, 6.07) is 10.5. The standard InChI is InChI=1S/C16H24/c1-4-15(5-2)11-9-10-14(3)16-12-7-6-8-13-16/h6-8,12-13,15H,3-5,9-11H2,1-2H3. The Morgan fingerprint density at radius 3 is 2.31 bits per heavy atom. The van der Waals surface area contributed by atoms with Crippen LogP contribution >= 0.6 is 0 Å². The van der Waals surface area contributed by atoms with E-state index in [1.54, 1.807) is 0 Å². The zero-order chi connectivity index (χ0) is 11.8. The molecule has 0 heterocycles. The van der Waals surface area contributed by atoms with Crippen LogP contribution in [-0.2, 0) is 0 Å². The van der Waals surface area contributed by atoms with E-state index in [4.69, 9.17) is 0 Å². The van der Waals surface area contributed by atoms with Gasteiger partial charge in [0, 0.05) is 0 Å². The average molecular weight is 216 g/mol. The molecule has 0 aromatic heterocycles. The highest BCUT2D eigenvalue weighted by molar-refractivity contribution is 5.62. The van der Waals surface area contributed by atoms with E-state index >= 15 is 0 Å². The molecule has 0 aliphatic carbocycles. The van der Waals surface area contributed by atoms with Crippen LogP contribution in [0.4, 0.5) is 0 Å². The second-order valence-electron chi connectivity index (χ2n) is 4.54. The zero-order valence-corrected chi connectivity index (χ0v) is 10.7. The largest absolute Gasteiger partial charge is 0.0952 e. The molecule has 0 saturated carbocycles. The van der Waals surface area contributed by atoms with Crippen LogP contribution in [0.2, 0.25) is 0 Å². The van der Waals surface area contributed by atoms with Gasteiger partial charge in [-0.05, 0) is 29.9 Å². The van der Waals surface area contributed by atoms with Crippen LogP contribution < -0.4 is 0 Å². The van der Waals surface area contributed by atoms with Crippen LogP contribution in [0.15, 0.2) is 36.9 Å². The number of hydrogen-bond acceptors (Lipinski definition) is 0. The third-order valence-electron chi connectivity index (χ3n) is 3.43. The van der Waals surface area contributed by atoms with Crippen molar-refractivity contribution in [1.82, 2.24) is 0 Å². The van der Waals surface area contributed by atoms with Gasteiger partial charge in [0.2, 0.25) is 0 Å². The molecule has 0 radical (unpaired) electrons. The fraction of sp³-hybridized carbons (Fsp3) is 0.500. The third-order valence-corrected chi connectivity index (χ3v) is 3.43. The Hall–Kier alpha value is -1.04. The molecule has 0 heteroatoms. The molecule has 0 unspecified atom stereocenters. The summed E-state index contributed by atoms with van der Waals surface area (Å²) in [5, 5.41) is 0. The van der Waals surface area contributed by atoms with Gasteiger partial charge in [-0.1, -0.05) is 70.0 Å². The van der Waals surface area contributed by atoms with Crippen molar-refractivity contribution >= 4 is 5.57 Å². The molecule has 0 aliphatic heterocycles. The van der Waals surface area contributed by atoms with E-state index in [1.807, 2.05) is 0 Å². The van der Waals surface area contributed by atoms with E-state index in [1.165, 1.54) is 36.8 Å². The lowest BCUT2D eigenvalue weighted by molar-refractivity contribution is 0.444. The highest BCUT2D eigenvalue weighted by Gasteiger charge is 2.04. The van der Waals surface area contributed by atoms with Crippen molar-refractivity contribution in [3.63, 3.8) is 0 Å². The summed E-state index contributed by atoms with van der Waals surface area (Å²) in [5.74, 6) is 0.906. The molecule has 88 valence electrons. The van der Waals surface area contributed by atoms with Gasteiger partial charge in [-0.3, -0.25) is 0 Å². The molecule has 0 bridgehead atoms. The Balaban J connectivity index is 2.31. The minimum Gasteiger partial charge on any atom is -0.0952 e. The van der Waals surface area contributed by atoms with Crippen LogP contribution in [0.3, 0.4) is 0 Å². The molecule has 0 fully saturated rings. The molecule has 0 N–H and O–H groups in total. The molecule has 16 heavy (non-hydrogen) atoms. The van der Waals surface area contributed by atoms with Gasteiger partial charge < -0.3 is 0 Å². The van der Waals surface area contributed by atoms with Crippen molar-refractivity contribution in [2.45, 2.75) is 46.0 Å². The van der Waals surface area contributed by atoms with Crippen LogP contribution in [-0.4, -0.2) is 0 Å². The molecule has 0 saturated heterocycles. The quantitative estimate of drug-likeness (QED) is 0.579. The Morgan fingerprint density at radius 2 is 1.75 bits per heavy atom. The van der Waals surface area contributed by atoms with E-state index < -0.39 is 0 Å². The lowest BCUT2D eigenvalue weighted by Gasteiger charge is -2.12. The van der Waals surface area contributed by atoms with Crippen molar-refractivity contribution in [3.05, 3.63) is 42.5 Å². The van der Waals surface area contributed by atoms with Gasteiger partial charge in [0.25, 0.3) is 0 Å². The first kappa shape index (κ1) is 13.0. The van der Waals surface area contributed by atoms with Crippen molar-refractivity contribution in [1.29, 1.82) is 0 Å². The molecule has 0 atom stereocenters. The molecular weight excluding hydrogens is 192 g/mol. The Labute approximate surface area is 100 Å². The van der Waals surface area contributed by atoms with Crippen LogP contribution in [0.1, 0.15) is 51.5 Å². The van der Waals surface area contributed by atoms with Crippen molar-refractivity contribution in [2.24, 2.45) is 5.92 Å². The van der Waals surface area contributed by atoms with E-state index in [9.17, 15) is 0 Å². The molecular formula is C16H24. The van der Waals surface area contributed by atoms with Gasteiger partial charge >= 0.3 is 0 Å². The van der Waals surface area contributed by atoms with E-state index in [0.717, 1.165) is 12.3 Å². The highest BCUT2D eigenvalue weighted by Crippen LogP contribution is 2.22. The maximum atomic E-state index is 4.17. The van der Waals surface area contributed by atoms with E-state index in [-0.39, 0.29) is 0 Å². The number of allylic oxidation sites excluding steroid dienone is 1. The minimum atomic E-state index is 0.906. The number of rotatable bonds is 7. The monoisotopic (exact) mass is 216 g/mol. The maximum Gasteiger partial charge on any atom is -0.0230 e. The summed E-state index contributed by atoms with van der Waals surface area (Å²) in [7, 11) is 0. The first-order valence-corrected chi connectivity index (χ1v) is 6.51. The zero-order valence-electron chi connectivity index (χ0n) is 10.7. The van der Waals surface area contributed by atoms with Crippen molar-refractivity contribution in [3.8, 4) is 0 Å². The Kier molecular flexibility index (Phi) is 5.92. The third kappa shape index (κ3) is 4.22. The first-order valence-electron chi connectivity index (χ1n) is 6.51. The summed E-state index contributed by atoms with van der Waals surface area (Å²) in [6.07, 6.45) is 6.39. The molecule has 1 aromatic rings. The summed E-state index contributed by atoms with van der Waals surface area (Å²) in [5.41, 5.74) is 2.58. The van der Waals surface area contributed by atoms with Gasteiger partial charge in [-0.2, -0.15) is 0 Å². The van der Waals surface area contributed by atoms with Gasteiger partial charge in [-0.15, -0.1) is 0 Å². The Morgan fingerprint density at radius 1 is 1.12 bits per heavy atom. The topological polar surface area (TPSA) is 0 Å². The highest BCUT2D eigenvalue weighted by atomic mass is 14.1. The van der Waals surface area contributed by atoms with Gasteiger partial charge in [0.15, 0.2) is 0 Å². The van der Waals surface area contributed by atoms with Gasteiger partial charge in [-0.25, -0.2) is 0 Å². The normalized spacial score (nSPS) is 10.7. The number of hydrogen-bond donors (Lipinski definition) is 0. The first-order chi connectivity index (χ1) is 7.77. The second-order valence-corrected chi connectivity index (χ2v) is 4.54. The molecule has 0 aliphatic rings. The minimum absolute atomic E-state index is 0.906. The predicted molar refractivity (Wildman–Crippen MR) is 73.4 cm³/mol. The van der Waals surface area contributed by atoms with Crippen molar-refractivity contribution in [2.75, 3.05) is 0 Å². The molecule has 0 spiro atoms. The average Bonchev–Trinajstić information content (AvgIpc) is 2.35. The van der Waals surface area contributed by atoms with Gasteiger partial charge in [0.05, 0.1) is 0 Å².